The second-order valence-electron chi connectivity index (χ2n) is 3.38. The maximum absolute atomic E-state index is 5.85. The highest BCUT2D eigenvalue weighted by atomic mass is 35.5. The normalized spacial score (nSPS) is 21.3. The van der Waals surface area contributed by atoms with Crippen LogP contribution in [0.4, 0.5) is 5.69 Å². The monoisotopic (exact) mass is 272 g/mol. The smallest absolute Gasteiger partial charge is 0.157 e. The maximum atomic E-state index is 5.85. The number of nitrogens with one attached hydrogen (secondary N) is 1. The molecule has 8 heteroatoms. The van der Waals surface area contributed by atoms with Crippen LogP contribution in [0.15, 0.2) is 28.4 Å². The molecule has 0 saturated heterocycles. The zero-order valence-corrected chi connectivity index (χ0v) is 10.2. The molecular weight excluding hydrogens is 263 g/mol. The van der Waals surface area contributed by atoms with Gasteiger partial charge in [-0.1, -0.05) is 23.2 Å². The molecule has 5 N–H and O–H groups in total. The van der Waals surface area contributed by atoms with Crippen LogP contribution < -0.4 is 17.0 Å². The van der Waals surface area contributed by atoms with Crippen LogP contribution >= 0.6 is 23.2 Å². The highest BCUT2D eigenvalue weighted by molar-refractivity contribution is 6.35. The highest BCUT2D eigenvalue weighted by Gasteiger charge is 2.20. The molecule has 17 heavy (non-hydrogen) atoms. The van der Waals surface area contributed by atoms with Gasteiger partial charge < -0.3 is 5.73 Å². The summed E-state index contributed by atoms with van der Waals surface area (Å²) in [5.41, 5.74) is 9.66. The van der Waals surface area contributed by atoms with Crippen molar-refractivity contribution in [1.82, 2.24) is 5.12 Å². The van der Waals surface area contributed by atoms with Gasteiger partial charge in [-0.3, -0.25) is 5.43 Å². The minimum absolute atomic E-state index is 0.517. The molecule has 1 aromatic carbocycles. The molecule has 1 aliphatic rings. The summed E-state index contributed by atoms with van der Waals surface area (Å²) in [7, 11) is 0. The van der Waals surface area contributed by atoms with E-state index in [9.17, 15) is 0 Å². The van der Waals surface area contributed by atoms with Gasteiger partial charge in [0, 0.05) is 10.0 Å². The molecule has 0 saturated carbocycles. The average molecular weight is 273 g/mol. The van der Waals surface area contributed by atoms with Crippen molar-refractivity contribution in [3.05, 3.63) is 28.2 Å². The minimum atomic E-state index is -0.558. The van der Waals surface area contributed by atoms with Crippen molar-refractivity contribution in [3.8, 4) is 0 Å². The van der Waals surface area contributed by atoms with Crippen molar-refractivity contribution in [3.63, 3.8) is 0 Å². The lowest BCUT2D eigenvalue weighted by molar-refractivity contribution is 0.280. The highest BCUT2D eigenvalue weighted by Crippen LogP contribution is 2.22. The summed E-state index contributed by atoms with van der Waals surface area (Å²) in [4.78, 5) is 0. The SMILES string of the molecule is NC1C(=NNc2cc(Cl)cc(Cl)c2)C=NN1N. The van der Waals surface area contributed by atoms with Crippen molar-refractivity contribution >= 4 is 40.8 Å². The van der Waals surface area contributed by atoms with Crippen LogP contribution in [0.1, 0.15) is 0 Å². The van der Waals surface area contributed by atoms with Gasteiger partial charge in [-0.2, -0.15) is 10.2 Å². The Bertz CT molecular complexity index is 466. The van der Waals surface area contributed by atoms with Crippen LogP contribution in [0.5, 0.6) is 0 Å². The first-order valence-corrected chi connectivity index (χ1v) is 5.45. The lowest BCUT2D eigenvalue weighted by Crippen LogP contribution is -2.44. The molecule has 1 aliphatic heterocycles. The Kier molecular flexibility index (Phi) is 3.49. The Morgan fingerprint density at radius 3 is 2.47 bits per heavy atom. The van der Waals surface area contributed by atoms with E-state index >= 15 is 0 Å². The molecule has 1 atom stereocenters. The average Bonchev–Trinajstić information content (AvgIpc) is 2.56. The molecule has 0 fully saturated rings. The third-order valence-corrected chi connectivity index (χ3v) is 2.52. The van der Waals surface area contributed by atoms with Crippen molar-refractivity contribution < 1.29 is 0 Å². The first kappa shape index (κ1) is 12.1. The zero-order chi connectivity index (χ0) is 12.4. The van der Waals surface area contributed by atoms with Crippen molar-refractivity contribution in [2.24, 2.45) is 21.8 Å². The molecule has 1 heterocycles. The first-order chi connectivity index (χ1) is 8.06. The van der Waals surface area contributed by atoms with Crippen LogP contribution in [-0.4, -0.2) is 23.2 Å². The van der Waals surface area contributed by atoms with Gasteiger partial charge in [-0.05, 0) is 18.2 Å². The van der Waals surface area contributed by atoms with Gasteiger partial charge in [-0.25, -0.2) is 11.0 Å². The number of nitrogens with zero attached hydrogens (tertiary/aromatic N) is 3. The summed E-state index contributed by atoms with van der Waals surface area (Å²) in [6.45, 7) is 0. The predicted octanol–water partition coefficient (Wildman–Crippen LogP) is 1.22. The van der Waals surface area contributed by atoms with E-state index in [0.717, 1.165) is 5.12 Å². The molecule has 0 spiro atoms. The summed E-state index contributed by atoms with van der Waals surface area (Å²) in [6, 6.07) is 5.01. The number of benzene rings is 1. The van der Waals surface area contributed by atoms with E-state index in [-0.39, 0.29) is 0 Å². The van der Waals surface area contributed by atoms with Crippen LogP contribution in [-0.2, 0) is 0 Å². The summed E-state index contributed by atoms with van der Waals surface area (Å²) >= 11 is 11.7. The summed E-state index contributed by atoms with van der Waals surface area (Å²) in [5.74, 6) is 5.45. The largest absolute Gasteiger partial charge is 0.303 e. The molecule has 0 aliphatic carbocycles. The van der Waals surface area contributed by atoms with E-state index in [1.165, 1.54) is 6.21 Å². The van der Waals surface area contributed by atoms with Gasteiger partial charge in [0.1, 0.15) is 5.71 Å². The van der Waals surface area contributed by atoms with E-state index in [0.29, 0.717) is 21.4 Å². The van der Waals surface area contributed by atoms with E-state index in [4.69, 9.17) is 34.8 Å². The summed E-state index contributed by atoms with van der Waals surface area (Å²) in [6.07, 6.45) is 0.918. The third kappa shape index (κ3) is 2.86. The fourth-order valence-corrected chi connectivity index (χ4v) is 1.78. The van der Waals surface area contributed by atoms with Crippen LogP contribution in [0, 0.1) is 0 Å². The zero-order valence-electron chi connectivity index (χ0n) is 8.64. The van der Waals surface area contributed by atoms with Crippen LogP contribution in [0.2, 0.25) is 10.0 Å². The number of anilines is 1. The summed E-state index contributed by atoms with van der Waals surface area (Å²) in [5, 5.41) is 10.00. The van der Waals surface area contributed by atoms with Gasteiger partial charge in [0.2, 0.25) is 0 Å². The second kappa shape index (κ2) is 4.89. The van der Waals surface area contributed by atoms with E-state index in [1.54, 1.807) is 18.2 Å². The topological polar surface area (TPSA) is 92.0 Å². The van der Waals surface area contributed by atoms with E-state index < -0.39 is 6.17 Å². The van der Waals surface area contributed by atoms with Gasteiger partial charge >= 0.3 is 0 Å². The standard InChI is InChI=1S/C9H10Cl2N6/c10-5-1-6(11)3-7(2-5)15-16-8-4-14-17(13)9(8)12/h1-4,9,15H,12-13H2. The number of nitrogens with two attached hydrogens (primary N) is 2. The van der Waals surface area contributed by atoms with Crippen molar-refractivity contribution in [1.29, 1.82) is 0 Å². The fraction of sp³-hybridized carbons (Fsp3) is 0.111. The number of hydrazone groups is 2. The Morgan fingerprint density at radius 1 is 1.29 bits per heavy atom. The molecule has 1 aromatic rings. The Balaban J connectivity index is 2.12. The maximum Gasteiger partial charge on any atom is 0.157 e. The Morgan fingerprint density at radius 2 is 1.94 bits per heavy atom. The van der Waals surface area contributed by atoms with Crippen LogP contribution in [0.3, 0.4) is 0 Å². The Labute approximate surface area is 108 Å². The minimum Gasteiger partial charge on any atom is -0.303 e. The number of hydrogen-bond acceptors (Lipinski definition) is 6. The number of halogens is 2. The van der Waals surface area contributed by atoms with Gasteiger partial charge in [-0.15, -0.1) is 0 Å². The summed E-state index contributed by atoms with van der Waals surface area (Å²) < 4.78 is 0. The Hall–Kier alpha value is -1.34. The van der Waals surface area contributed by atoms with Gasteiger partial charge in [0.05, 0.1) is 11.9 Å². The predicted molar refractivity (Wildman–Crippen MR) is 70.0 cm³/mol. The molecule has 6 nitrogen and oxygen atoms in total. The van der Waals surface area contributed by atoms with Crippen LogP contribution in [0.25, 0.3) is 0 Å². The molecule has 0 radical (unpaired) electrons. The molecule has 0 aromatic heterocycles. The molecular formula is C9H10Cl2N6. The van der Waals surface area contributed by atoms with Crippen molar-refractivity contribution in [2.75, 3.05) is 5.43 Å². The molecule has 0 bridgehead atoms. The number of rotatable bonds is 2. The molecule has 0 amide bonds. The quantitative estimate of drug-likeness (QED) is 0.558. The second-order valence-corrected chi connectivity index (χ2v) is 4.25. The van der Waals surface area contributed by atoms with Crippen molar-refractivity contribution in [2.45, 2.75) is 6.17 Å². The third-order valence-electron chi connectivity index (χ3n) is 2.09. The number of hydrogen-bond donors (Lipinski definition) is 3. The first-order valence-electron chi connectivity index (χ1n) is 4.69. The number of hydrazine groups is 1. The van der Waals surface area contributed by atoms with Gasteiger partial charge in [0.15, 0.2) is 6.17 Å². The lowest BCUT2D eigenvalue weighted by atomic mass is 10.3. The lowest BCUT2D eigenvalue weighted by Gasteiger charge is -2.12. The van der Waals surface area contributed by atoms with E-state index in [2.05, 4.69) is 15.6 Å². The molecule has 2 rings (SSSR count). The van der Waals surface area contributed by atoms with E-state index in [1.807, 2.05) is 0 Å². The fourth-order valence-electron chi connectivity index (χ4n) is 1.25. The van der Waals surface area contributed by atoms with Gasteiger partial charge in [0.25, 0.3) is 0 Å². The molecule has 90 valence electrons. The molecule has 1 unspecified atom stereocenters.